The predicted molar refractivity (Wildman–Crippen MR) is 176 cm³/mol. The first-order valence-electron chi connectivity index (χ1n) is 17.7. The van der Waals surface area contributed by atoms with Crippen LogP contribution < -0.4 is 0 Å². The van der Waals surface area contributed by atoms with Crippen molar-refractivity contribution in [1.82, 2.24) is 0 Å². The van der Waals surface area contributed by atoms with Crippen LogP contribution in [0.15, 0.2) is 12.2 Å². The van der Waals surface area contributed by atoms with Gasteiger partial charge in [0.25, 0.3) is 0 Å². The van der Waals surface area contributed by atoms with Crippen LogP contribution in [0, 0.1) is 0 Å². The summed E-state index contributed by atoms with van der Waals surface area (Å²) in [5.41, 5.74) is 0. The lowest BCUT2D eigenvalue weighted by Crippen LogP contribution is -2.18. The highest BCUT2D eigenvalue weighted by Gasteiger charge is 2.11. The van der Waals surface area contributed by atoms with E-state index >= 15 is 0 Å². The Labute approximate surface area is 255 Å². The van der Waals surface area contributed by atoms with Crippen molar-refractivity contribution in [2.45, 2.75) is 206 Å². The molecule has 5 nitrogen and oxygen atoms in total. The van der Waals surface area contributed by atoms with Gasteiger partial charge >= 0.3 is 11.9 Å². The molecule has 0 fully saturated rings. The average molecular weight is 583 g/mol. The van der Waals surface area contributed by atoms with Gasteiger partial charge < -0.3 is 15.3 Å². The quantitative estimate of drug-likeness (QED) is 0.0558. The normalized spacial score (nSPS) is 11.9. The SMILES string of the molecule is CCCCCCCC/C=C\CCCCCCCC(=O)O.CCCCCCCCCCCCCCCCC(O)C(=O)O. The molecule has 1 atom stereocenters. The molecule has 0 rings (SSSR count). The third kappa shape index (κ3) is 40.8. The van der Waals surface area contributed by atoms with Gasteiger partial charge in [0.2, 0.25) is 0 Å². The molecule has 0 spiro atoms. The monoisotopic (exact) mass is 583 g/mol. The molecule has 0 amide bonds. The molecule has 1 unspecified atom stereocenters. The molecule has 0 aromatic rings. The molecular weight excluding hydrogens is 512 g/mol. The number of rotatable bonds is 31. The van der Waals surface area contributed by atoms with E-state index in [2.05, 4.69) is 26.0 Å². The number of carboxylic acids is 2. The Balaban J connectivity index is 0. The predicted octanol–water partition coefficient (Wildman–Crippen LogP) is 11.4. The third-order valence-corrected chi connectivity index (χ3v) is 7.77. The Morgan fingerprint density at radius 3 is 1.15 bits per heavy atom. The Bertz CT molecular complexity index is 560. The summed E-state index contributed by atoms with van der Waals surface area (Å²) in [5, 5.41) is 26.2. The summed E-state index contributed by atoms with van der Waals surface area (Å²) in [6, 6.07) is 0. The van der Waals surface area contributed by atoms with Gasteiger partial charge in [0.05, 0.1) is 0 Å². The first kappa shape index (κ1) is 41.8. The second-order valence-corrected chi connectivity index (χ2v) is 12.0. The Morgan fingerprint density at radius 1 is 0.488 bits per heavy atom. The number of aliphatic carboxylic acids is 2. The largest absolute Gasteiger partial charge is 0.481 e. The maximum absolute atomic E-state index is 10.4. The number of hydrogen-bond donors (Lipinski definition) is 3. The number of carbonyl (C=O) groups is 2. The van der Waals surface area contributed by atoms with Gasteiger partial charge in [0, 0.05) is 6.42 Å². The van der Waals surface area contributed by atoms with E-state index in [9.17, 15) is 9.59 Å². The van der Waals surface area contributed by atoms with Gasteiger partial charge in [-0.05, 0) is 38.5 Å². The van der Waals surface area contributed by atoms with E-state index in [1.807, 2.05) is 0 Å². The molecule has 0 saturated heterocycles. The van der Waals surface area contributed by atoms with E-state index in [0.717, 1.165) is 25.7 Å². The molecule has 41 heavy (non-hydrogen) atoms. The number of allylic oxidation sites excluding steroid dienone is 2. The van der Waals surface area contributed by atoms with Gasteiger partial charge in [-0.15, -0.1) is 0 Å². The fourth-order valence-corrected chi connectivity index (χ4v) is 5.00. The van der Waals surface area contributed by atoms with Crippen molar-refractivity contribution in [3.8, 4) is 0 Å². The summed E-state index contributed by atoms with van der Waals surface area (Å²) in [6.07, 6.45) is 38.5. The van der Waals surface area contributed by atoms with Crippen molar-refractivity contribution in [2.75, 3.05) is 0 Å². The first-order chi connectivity index (χ1) is 20.0. The second kappa shape index (κ2) is 36.7. The molecule has 0 aromatic carbocycles. The summed E-state index contributed by atoms with van der Waals surface area (Å²) >= 11 is 0. The molecule has 0 saturated carbocycles. The summed E-state index contributed by atoms with van der Waals surface area (Å²) in [7, 11) is 0. The standard InChI is InChI=1S/C18H36O3.C18H34O2/c1-2-3-4-5-6-7-8-9-10-11-12-13-14-15-16-17(19)18(20)21;1-2-3-4-5-6-7-8-9-10-11-12-13-14-15-16-17-18(19)20/h17,19H,2-16H2,1H3,(H,20,21);9-10H,2-8,11-17H2,1H3,(H,19,20)/b;10-9-. The van der Waals surface area contributed by atoms with Crippen LogP contribution in [0.4, 0.5) is 0 Å². The average Bonchev–Trinajstić information content (AvgIpc) is 2.95. The Hall–Kier alpha value is -1.36. The lowest BCUT2D eigenvalue weighted by molar-refractivity contribution is -0.147. The first-order valence-corrected chi connectivity index (χ1v) is 17.7. The van der Waals surface area contributed by atoms with Gasteiger partial charge in [0.15, 0.2) is 6.10 Å². The van der Waals surface area contributed by atoms with Gasteiger partial charge in [-0.25, -0.2) is 4.79 Å². The van der Waals surface area contributed by atoms with Gasteiger partial charge in [-0.2, -0.15) is 0 Å². The van der Waals surface area contributed by atoms with Crippen LogP contribution in [-0.2, 0) is 9.59 Å². The van der Waals surface area contributed by atoms with Crippen molar-refractivity contribution in [1.29, 1.82) is 0 Å². The summed E-state index contributed by atoms with van der Waals surface area (Å²) in [6.45, 7) is 4.52. The molecule has 3 N–H and O–H groups in total. The van der Waals surface area contributed by atoms with Crippen LogP contribution in [0.25, 0.3) is 0 Å². The minimum absolute atomic E-state index is 0.332. The molecule has 0 heterocycles. The van der Waals surface area contributed by atoms with Crippen LogP contribution in [0.5, 0.6) is 0 Å². The zero-order chi connectivity index (χ0) is 30.7. The summed E-state index contributed by atoms with van der Waals surface area (Å²) in [4.78, 5) is 20.7. The Morgan fingerprint density at radius 2 is 0.805 bits per heavy atom. The van der Waals surface area contributed by atoms with Crippen molar-refractivity contribution >= 4 is 11.9 Å². The third-order valence-electron chi connectivity index (χ3n) is 7.77. The fourth-order valence-electron chi connectivity index (χ4n) is 5.00. The van der Waals surface area contributed by atoms with Crippen LogP contribution in [0.2, 0.25) is 0 Å². The zero-order valence-electron chi connectivity index (χ0n) is 27.4. The highest BCUT2D eigenvalue weighted by Crippen LogP contribution is 2.14. The lowest BCUT2D eigenvalue weighted by Gasteiger charge is -2.05. The highest BCUT2D eigenvalue weighted by molar-refractivity contribution is 5.71. The molecule has 0 aliphatic rings. The number of aliphatic hydroxyl groups is 1. The van der Waals surface area contributed by atoms with Crippen molar-refractivity contribution in [3.05, 3.63) is 12.2 Å². The maximum atomic E-state index is 10.4. The molecule has 0 aliphatic carbocycles. The van der Waals surface area contributed by atoms with Gasteiger partial charge in [-0.3, -0.25) is 4.79 Å². The van der Waals surface area contributed by atoms with Crippen LogP contribution in [0.3, 0.4) is 0 Å². The van der Waals surface area contributed by atoms with Crippen molar-refractivity contribution < 1.29 is 24.9 Å². The molecule has 0 aromatic heterocycles. The van der Waals surface area contributed by atoms with Crippen LogP contribution in [0.1, 0.15) is 200 Å². The molecular formula is C36H70O5. The van der Waals surface area contributed by atoms with E-state index in [1.165, 1.54) is 148 Å². The van der Waals surface area contributed by atoms with Gasteiger partial charge in [0.1, 0.15) is 0 Å². The van der Waals surface area contributed by atoms with Gasteiger partial charge in [-0.1, -0.05) is 167 Å². The number of aliphatic hydroxyl groups excluding tert-OH is 1. The van der Waals surface area contributed by atoms with Crippen molar-refractivity contribution in [3.63, 3.8) is 0 Å². The summed E-state index contributed by atoms with van der Waals surface area (Å²) in [5.74, 6) is -1.76. The van der Waals surface area contributed by atoms with E-state index in [1.54, 1.807) is 0 Å². The van der Waals surface area contributed by atoms with E-state index in [0.29, 0.717) is 12.8 Å². The summed E-state index contributed by atoms with van der Waals surface area (Å²) < 4.78 is 0. The minimum Gasteiger partial charge on any atom is -0.481 e. The lowest BCUT2D eigenvalue weighted by atomic mass is 10.0. The molecule has 0 radical (unpaired) electrons. The molecule has 0 bridgehead atoms. The van der Waals surface area contributed by atoms with Crippen LogP contribution in [-0.4, -0.2) is 33.4 Å². The molecule has 5 heteroatoms. The van der Waals surface area contributed by atoms with E-state index < -0.39 is 18.0 Å². The fraction of sp³-hybridized carbons (Fsp3) is 0.889. The highest BCUT2D eigenvalue weighted by atomic mass is 16.4. The molecule has 244 valence electrons. The smallest absolute Gasteiger partial charge is 0.332 e. The van der Waals surface area contributed by atoms with E-state index in [-0.39, 0.29) is 0 Å². The maximum Gasteiger partial charge on any atom is 0.332 e. The zero-order valence-corrected chi connectivity index (χ0v) is 27.4. The van der Waals surface area contributed by atoms with Crippen molar-refractivity contribution in [2.24, 2.45) is 0 Å². The minimum atomic E-state index is -1.16. The number of hydrogen-bond acceptors (Lipinski definition) is 3. The topological polar surface area (TPSA) is 94.8 Å². The molecule has 0 aliphatic heterocycles. The van der Waals surface area contributed by atoms with Crippen LogP contribution >= 0.6 is 0 Å². The second-order valence-electron chi connectivity index (χ2n) is 12.0. The number of carboxylic acid groups (broad SMARTS) is 2. The Kier molecular flexibility index (Phi) is 37.4. The number of unbranched alkanes of at least 4 members (excludes halogenated alkanes) is 24. The van der Waals surface area contributed by atoms with E-state index in [4.69, 9.17) is 15.3 Å².